The van der Waals surface area contributed by atoms with E-state index in [1.54, 1.807) is 7.11 Å². The van der Waals surface area contributed by atoms with Crippen molar-refractivity contribution in [3.63, 3.8) is 0 Å². The van der Waals surface area contributed by atoms with Gasteiger partial charge in [-0.1, -0.05) is 0 Å². The Kier molecular flexibility index (Phi) is 4.83. The average molecular weight is 211 g/mol. The molecule has 0 saturated heterocycles. The Labute approximate surface area is 89.8 Å². The maximum Gasteiger partial charge on any atom is 0.221 e. The Morgan fingerprint density at radius 2 is 2.13 bits per heavy atom. The first-order valence-electron chi connectivity index (χ1n) is 4.90. The third-order valence-electron chi connectivity index (χ3n) is 2.01. The molecule has 15 heavy (non-hydrogen) atoms. The number of ether oxygens (including phenoxy) is 2. The van der Waals surface area contributed by atoms with Gasteiger partial charge in [0.1, 0.15) is 12.1 Å². The molecule has 5 nitrogen and oxygen atoms in total. The lowest BCUT2D eigenvalue weighted by atomic mass is 10.3. The van der Waals surface area contributed by atoms with Gasteiger partial charge >= 0.3 is 0 Å². The van der Waals surface area contributed by atoms with E-state index in [0.29, 0.717) is 19.1 Å². The Balaban J connectivity index is 2.53. The molecule has 1 aromatic rings. The van der Waals surface area contributed by atoms with Gasteiger partial charge in [-0.15, -0.1) is 0 Å². The molecule has 0 fully saturated rings. The molecule has 0 spiro atoms. The van der Waals surface area contributed by atoms with Crippen LogP contribution in [-0.2, 0) is 4.74 Å². The summed E-state index contributed by atoms with van der Waals surface area (Å²) >= 11 is 0. The van der Waals surface area contributed by atoms with Crippen molar-refractivity contribution in [1.82, 2.24) is 9.97 Å². The Hall–Kier alpha value is -1.36. The summed E-state index contributed by atoms with van der Waals surface area (Å²) in [6.07, 6.45) is 2.35. The van der Waals surface area contributed by atoms with Gasteiger partial charge in [-0.25, -0.2) is 9.97 Å². The van der Waals surface area contributed by atoms with Crippen LogP contribution in [0.5, 0.6) is 5.88 Å². The summed E-state index contributed by atoms with van der Waals surface area (Å²) in [7, 11) is 3.50. The van der Waals surface area contributed by atoms with E-state index in [1.165, 1.54) is 6.33 Å². The SMILES string of the molecule is CNc1ncnc(OCCCOC)c1C. The van der Waals surface area contributed by atoms with E-state index < -0.39 is 0 Å². The molecule has 1 aromatic heterocycles. The number of methoxy groups -OCH3 is 1. The van der Waals surface area contributed by atoms with E-state index in [1.807, 2.05) is 14.0 Å². The predicted molar refractivity (Wildman–Crippen MR) is 58.3 cm³/mol. The van der Waals surface area contributed by atoms with Crippen LogP contribution in [0.2, 0.25) is 0 Å². The van der Waals surface area contributed by atoms with E-state index >= 15 is 0 Å². The van der Waals surface area contributed by atoms with E-state index in [0.717, 1.165) is 17.8 Å². The molecule has 0 atom stereocenters. The summed E-state index contributed by atoms with van der Waals surface area (Å²) in [6, 6.07) is 0. The molecule has 0 radical (unpaired) electrons. The normalized spacial score (nSPS) is 10.1. The molecule has 0 aliphatic rings. The highest BCUT2D eigenvalue weighted by molar-refractivity contribution is 5.46. The van der Waals surface area contributed by atoms with Crippen LogP contribution in [-0.4, -0.2) is 37.3 Å². The van der Waals surface area contributed by atoms with Crippen LogP contribution in [0.1, 0.15) is 12.0 Å². The average Bonchev–Trinajstić information content (AvgIpc) is 2.26. The highest BCUT2D eigenvalue weighted by Crippen LogP contribution is 2.19. The first kappa shape index (κ1) is 11.7. The van der Waals surface area contributed by atoms with E-state index in [-0.39, 0.29) is 0 Å². The summed E-state index contributed by atoms with van der Waals surface area (Å²) in [5.41, 5.74) is 0.928. The lowest BCUT2D eigenvalue weighted by Crippen LogP contribution is -2.06. The van der Waals surface area contributed by atoms with Gasteiger partial charge in [0.15, 0.2) is 0 Å². The summed E-state index contributed by atoms with van der Waals surface area (Å²) < 4.78 is 10.4. The molecule has 0 aliphatic carbocycles. The zero-order valence-corrected chi connectivity index (χ0v) is 9.41. The third-order valence-corrected chi connectivity index (χ3v) is 2.01. The Morgan fingerprint density at radius 1 is 1.33 bits per heavy atom. The number of anilines is 1. The minimum Gasteiger partial charge on any atom is -0.477 e. The van der Waals surface area contributed by atoms with Crippen molar-refractivity contribution in [2.75, 3.05) is 32.7 Å². The fourth-order valence-electron chi connectivity index (χ4n) is 1.20. The maximum atomic E-state index is 5.51. The molecular weight excluding hydrogens is 194 g/mol. The van der Waals surface area contributed by atoms with Crippen LogP contribution in [0.3, 0.4) is 0 Å². The topological polar surface area (TPSA) is 56.3 Å². The number of rotatable bonds is 6. The number of aromatic nitrogens is 2. The zero-order valence-electron chi connectivity index (χ0n) is 9.41. The summed E-state index contributed by atoms with van der Waals surface area (Å²) in [5, 5.41) is 2.98. The lowest BCUT2D eigenvalue weighted by molar-refractivity contribution is 0.170. The van der Waals surface area contributed by atoms with Crippen LogP contribution >= 0.6 is 0 Å². The largest absolute Gasteiger partial charge is 0.477 e. The van der Waals surface area contributed by atoms with Crippen LogP contribution in [0, 0.1) is 6.92 Å². The van der Waals surface area contributed by atoms with E-state index in [9.17, 15) is 0 Å². The van der Waals surface area contributed by atoms with Gasteiger partial charge in [0, 0.05) is 27.2 Å². The van der Waals surface area contributed by atoms with Crippen molar-refractivity contribution in [1.29, 1.82) is 0 Å². The monoisotopic (exact) mass is 211 g/mol. The van der Waals surface area contributed by atoms with Crippen molar-refractivity contribution in [3.8, 4) is 5.88 Å². The van der Waals surface area contributed by atoms with Gasteiger partial charge < -0.3 is 14.8 Å². The van der Waals surface area contributed by atoms with Crippen LogP contribution in [0.25, 0.3) is 0 Å². The number of hydrogen-bond acceptors (Lipinski definition) is 5. The second-order valence-electron chi connectivity index (χ2n) is 3.10. The van der Waals surface area contributed by atoms with Gasteiger partial charge in [0.25, 0.3) is 0 Å². The molecule has 1 N–H and O–H groups in total. The van der Waals surface area contributed by atoms with Crippen molar-refractivity contribution < 1.29 is 9.47 Å². The molecule has 0 bridgehead atoms. The minimum atomic E-state index is 0.606. The second kappa shape index (κ2) is 6.19. The highest BCUT2D eigenvalue weighted by atomic mass is 16.5. The first-order valence-corrected chi connectivity index (χ1v) is 4.90. The van der Waals surface area contributed by atoms with Crippen molar-refractivity contribution >= 4 is 5.82 Å². The predicted octanol–water partition coefficient (Wildman–Crippen LogP) is 1.24. The Morgan fingerprint density at radius 3 is 2.80 bits per heavy atom. The van der Waals surface area contributed by atoms with Crippen LogP contribution < -0.4 is 10.1 Å². The van der Waals surface area contributed by atoms with Gasteiger partial charge in [-0.2, -0.15) is 0 Å². The number of nitrogens with zero attached hydrogens (tertiary/aromatic N) is 2. The highest BCUT2D eigenvalue weighted by Gasteiger charge is 2.05. The van der Waals surface area contributed by atoms with E-state index in [4.69, 9.17) is 9.47 Å². The summed E-state index contributed by atoms with van der Waals surface area (Å²) in [4.78, 5) is 8.15. The zero-order chi connectivity index (χ0) is 11.1. The minimum absolute atomic E-state index is 0.606. The Bertz CT molecular complexity index is 305. The number of hydrogen-bond donors (Lipinski definition) is 1. The molecule has 84 valence electrons. The molecule has 0 aliphatic heterocycles. The molecule has 0 saturated carbocycles. The molecule has 1 rings (SSSR count). The van der Waals surface area contributed by atoms with Crippen molar-refractivity contribution in [2.24, 2.45) is 0 Å². The second-order valence-corrected chi connectivity index (χ2v) is 3.10. The summed E-state index contributed by atoms with van der Waals surface area (Å²) in [6.45, 7) is 3.23. The maximum absolute atomic E-state index is 5.51. The quantitative estimate of drug-likeness (QED) is 0.717. The van der Waals surface area contributed by atoms with Gasteiger partial charge in [-0.3, -0.25) is 0 Å². The van der Waals surface area contributed by atoms with Gasteiger partial charge in [-0.05, 0) is 6.92 Å². The van der Waals surface area contributed by atoms with Crippen LogP contribution in [0.4, 0.5) is 5.82 Å². The molecular formula is C10H17N3O2. The van der Waals surface area contributed by atoms with Crippen molar-refractivity contribution in [2.45, 2.75) is 13.3 Å². The fourth-order valence-corrected chi connectivity index (χ4v) is 1.20. The third kappa shape index (κ3) is 3.36. The van der Waals surface area contributed by atoms with Crippen molar-refractivity contribution in [3.05, 3.63) is 11.9 Å². The van der Waals surface area contributed by atoms with E-state index in [2.05, 4.69) is 15.3 Å². The molecule has 0 unspecified atom stereocenters. The molecule has 0 aromatic carbocycles. The lowest BCUT2D eigenvalue weighted by Gasteiger charge is -2.09. The summed E-state index contributed by atoms with van der Waals surface area (Å²) in [5.74, 6) is 1.43. The van der Waals surface area contributed by atoms with Crippen LogP contribution in [0.15, 0.2) is 6.33 Å². The fraction of sp³-hybridized carbons (Fsp3) is 0.600. The van der Waals surface area contributed by atoms with Gasteiger partial charge in [0.05, 0.1) is 12.2 Å². The smallest absolute Gasteiger partial charge is 0.221 e. The number of nitrogens with one attached hydrogen (secondary N) is 1. The molecule has 1 heterocycles. The standard InChI is InChI=1S/C10H17N3O2/c1-8-9(11-2)12-7-13-10(8)15-6-4-5-14-3/h7H,4-6H2,1-3H3,(H,11,12,13). The van der Waals surface area contributed by atoms with Gasteiger partial charge in [0.2, 0.25) is 5.88 Å². The first-order chi connectivity index (χ1) is 7.29. The molecule has 5 heteroatoms. The molecule has 0 amide bonds.